The highest BCUT2D eigenvalue weighted by Crippen LogP contribution is 2.31. The SMILES string of the molecule is c1ccc2c(N3CCN4C[C@H](COc5ccc(CNc6nccs6)cn5)CC[C@@H]4C3)noc2c1. The summed E-state index contributed by atoms with van der Waals surface area (Å²) in [5.74, 6) is 2.21. The lowest BCUT2D eigenvalue weighted by atomic mass is 9.91. The molecule has 9 heteroatoms. The highest BCUT2D eigenvalue weighted by atomic mass is 32.1. The number of hydrogen-bond acceptors (Lipinski definition) is 9. The summed E-state index contributed by atoms with van der Waals surface area (Å²) in [6.45, 7) is 5.52. The van der Waals surface area contributed by atoms with Gasteiger partial charge in [0.05, 0.1) is 12.0 Å². The van der Waals surface area contributed by atoms with Crippen molar-refractivity contribution in [2.45, 2.75) is 25.4 Å². The van der Waals surface area contributed by atoms with Crippen molar-refractivity contribution in [3.8, 4) is 5.88 Å². The lowest BCUT2D eigenvalue weighted by molar-refractivity contribution is 0.0717. The number of para-hydroxylation sites is 1. The quantitative estimate of drug-likeness (QED) is 0.424. The second-order valence-electron chi connectivity index (χ2n) is 9.05. The van der Waals surface area contributed by atoms with Gasteiger partial charge in [0.25, 0.3) is 0 Å². The van der Waals surface area contributed by atoms with E-state index in [1.807, 2.05) is 35.8 Å². The van der Waals surface area contributed by atoms with Gasteiger partial charge in [-0.15, -0.1) is 11.3 Å². The minimum Gasteiger partial charge on any atom is -0.477 e. The zero-order valence-electron chi connectivity index (χ0n) is 19.0. The van der Waals surface area contributed by atoms with Crippen molar-refractivity contribution in [3.63, 3.8) is 0 Å². The number of piperazine rings is 1. The molecule has 8 nitrogen and oxygen atoms in total. The van der Waals surface area contributed by atoms with Gasteiger partial charge in [-0.2, -0.15) is 0 Å². The molecule has 5 heterocycles. The number of benzene rings is 1. The number of aromatic nitrogens is 3. The minimum atomic E-state index is 0.531. The number of anilines is 2. The van der Waals surface area contributed by atoms with E-state index in [0.717, 1.165) is 53.7 Å². The maximum Gasteiger partial charge on any atom is 0.213 e. The van der Waals surface area contributed by atoms with E-state index in [1.165, 1.54) is 12.8 Å². The van der Waals surface area contributed by atoms with Crippen molar-refractivity contribution >= 4 is 33.3 Å². The van der Waals surface area contributed by atoms with Crippen molar-refractivity contribution in [2.24, 2.45) is 5.92 Å². The summed E-state index contributed by atoms with van der Waals surface area (Å²) < 4.78 is 11.6. The topological polar surface area (TPSA) is 79.5 Å². The second-order valence-corrected chi connectivity index (χ2v) is 9.94. The number of nitrogens with zero attached hydrogens (tertiary/aromatic N) is 5. The Kier molecular flexibility index (Phi) is 6.03. The standard InChI is InChI=1S/C25H28N6O2S/c1-2-4-22-21(3-1)24(29-33-22)31-11-10-30-15-19(5-7-20(30)16-31)17-32-23-8-6-18(13-27-23)14-28-25-26-9-12-34-25/h1-4,6,8-9,12-13,19-20H,5,7,10-11,14-17H2,(H,26,28)/t19-,20-/m1/s1. The maximum absolute atomic E-state index is 6.06. The Balaban J connectivity index is 0.987. The van der Waals surface area contributed by atoms with Gasteiger partial charge in [-0.3, -0.25) is 4.90 Å². The lowest BCUT2D eigenvalue weighted by Gasteiger charge is -2.46. The number of rotatable bonds is 7. The monoisotopic (exact) mass is 476 g/mol. The highest BCUT2D eigenvalue weighted by molar-refractivity contribution is 7.13. The van der Waals surface area contributed by atoms with Crippen LogP contribution in [-0.4, -0.2) is 58.9 Å². The summed E-state index contributed by atoms with van der Waals surface area (Å²) in [5.41, 5.74) is 1.97. The second kappa shape index (κ2) is 9.60. The van der Waals surface area contributed by atoms with E-state index in [2.05, 4.69) is 42.4 Å². The van der Waals surface area contributed by atoms with Crippen LogP contribution in [0.5, 0.6) is 5.88 Å². The third-order valence-electron chi connectivity index (χ3n) is 6.80. The molecule has 2 saturated heterocycles. The van der Waals surface area contributed by atoms with E-state index in [-0.39, 0.29) is 0 Å². The molecule has 0 saturated carbocycles. The van der Waals surface area contributed by atoms with Crippen LogP contribution in [0.2, 0.25) is 0 Å². The van der Waals surface area contributed by atoms with Gasteiger partial charge in [0.15, 0.2) is 16.5 Å². The molecule has 2 aliphatic heterocycles. The first-order chi connectivity index (χ1) is 16.8. The number of ether oxygens (including phenoxy) is 1. The van der Waals surface area contributed by atoms with Crippen molar-refractivity contribution < 1.29 is 9.26 Å². The smallest absolute Gasteiger partial charge is 0.213 e. The molecule has 2 aliphatic rings. The normalized spacial score (nSPS) is 20.9. The van der Waals surface area contributed by atoms with Crippen LogP contribution < -0.4 is 15.0 Å². The molecule has 3 aromatic heterocycles. The third-order valence-corrected chi connectivity index (χ3v) is 7.53. The summed E-state index contributed by atoms with van der Waals surface area (Å²) in [5, 5.41) is 11.7. The van der Waals surface area contributed by atoms with E-state index >= 15 is 0 Å². The first-order valence-corrected chi connectivity index (χ1v) is 12.7. The van der Waals surface area contributed by atoms with Gasteiger partial charge in [0.2, 0.25) is 5.88 Å². The lowest BCUT2D eigenvalue weighted by Crippen LogP contribution is -2.57. The number of piperidine rings is 1. The molecule has 2 atom stereocenters. The summed E-state index contributed by atoms with van der Waals surface area (Å²) >= 11 is 1.60. The maximum atomic E-state index is 6.06. The fraction of sp³-hybridized carbons (Fsp3) is 0.400. The average Bonchev–Trinajstić information content (AvgIpc) is 3.57. The van der Waals surface area contributed by atoms with Crippen LogP contribution in [0.15, 0.2) is 58.7 Å². The number of pyridine rings is 1. The largest absolute Gasteiger partial charge is 0.477 e. The predicted molar refractivity (Wildman–Crippen MR) is 133 cm³/mol. The predicted octanol–water partition coefficient (Wildman–Crippen LogP) is 4.27. The molecule has 1 aromatic carbocycles. The summed E-state index contributed by atoms with van der Waals surface area (Å²) in [6.07, 6.45) is 6.02. The van der Waals surface area contributed by atoms with Gasteiger partial charge < -0.3 is 19.5 Å². The van der Waals surface area contributed by atoms with E-state index in [4.69, 9.17) is 9.26 Å². The number of nitrogens with one attached hydrogen (secondary N) is 1. The molecule has 4 aromatic rings. The van der Waals surface area contributed by atoms with Gasteiger partial charge >= 0.3 is 0 Å². The molecule has 176 valence electrons. The fourth-order valence-corrected chi connectivity index (χ4v) is 5.51. The zero-order valence-corrected chi connectivity index (χ0v) is 19.8. The van der Waals surface area contributed by atoms with Crippen molar-refractivity contribution in [3.05, 3.63) is 59.7 Å². The van der Waals surface area contributed by atoms with Crippen LogP contribution in [0.3, 0.4) is 0 Å². The Morgan fingerprint density at radius 1 is 1.09 bits per heavy atom. The molecule has 0 aliphatic carbocycles. The molecule has 2 fully saturated rings. The summed E-state index contributed by atoms with van der Waals surface area (Å²) in [7, 11) is 0. The number of hydrogen-bond donors (Lipinski definition) is 1. The first-order valence-electron chi connectivity index (χ1n) is 11.9. The molecule has 0 bridgehead atoms. The van der Waals surface area contributed by atoms with Crippen LogP contribution in [0, 0.1) is 5.92 Å². The molecular formula is C25H28N6O2S. The van der Waals surface area contributed by atoms with Crippen molar-refractivity contribution in [2.75, 3.05) is 43.0 Å². The van der Waals surface area contributed by atoms with Gasteiger partial charge in [-0.25, -0.2) is 9.97 Å². The minimum absolute atomic E-state index is 0.531. The van der Waals surface area contributed by atoms with Crippen molar-refractivity contribution in [1.82, 2.24) is 20.0 Å². The Labute approximate surface area is 202 Å². The molecule has 6 rings (SSSR count). The molecular weight excluding hydrogens is 448 g/mol. The summed E-state index contributed by atoms with van der Waals surface area (Å²) in [4.78, 5) is 13.7. The molecule has 0 radical (unpaired) electrons. The Hall–Kier alpha value is -3.17. The van der Waals surface area contributed by atoms with Crippen LogP contribution in [0.25, 0.3) is 11.0 Å². The van der Waals surface area contributed by atoms with E-state index < -0.39 is 0 Å². The van der Waals surface area contributed by atoms with Gasteiger partial charge in [-0.1, -0.05) is 23.4 Å². The van der Waals surface area contributed by atoms with E-state index in [1.54, 1.807) is 17.5 Å². The molecule has 0 unspecified atom stereocenters. The van der Waals surface area contributed by atoms with Crippen LogP contribution >= 0.6 is 11.3 Å². The van der Waals surface area contributed by atoms with Crippen LogP contribution in [0.1, 0.15) is 18.4 Å². The van der Waals surface area contributed by atoms with Crippen LogP contribution in [0.4, 0.5) is 10.9 Å². The molecule has 34 heavy (non-hydrogen) atoms. The molecule has 0 amide bonds. The van der Waals surface area contributed by atoms with Gasteiger partial charge in [-0.05, 0) is 30.5 Å². The first kappa shape index (κ1) is 21.4. The Morgan fingerprint density at radius 2 is 2.06 bits per heavy atom. The third kappa shape index (κ3) is 4.58. The Morgan fingerprint density at radius 3 is 2.94 bits per heavy atom. The summed E-state index contributed by atoms with van der Waals surface area (Å²) in [6, 6.07) is 12.7. The molecule has 1 N–H and O–H groups in total. The van der Waals surface area contributed by atoms with E-state index in [0.29, 0.717) is 31.0 Å². The number of fused-ring (bicyclic) bond motifs is 2. The van der Waals surface area contributed by atoms with E-state index in [9.17, 15) is 0 Å². The van der Waals surface area contributed by atoms with Gasteiger partial charge in [0.1, 0.15) is 0 Å². The van der Waals surface area contributed by atoms with Gasteiger partial charge in [0, 0.05) is 68.5 Å². The molecule has 0 spiro atoms. The van der Waals surface area contributed by atoms with Crippen LogP contribution in [-0.2, 0) is 6.54 Å². The average molecular weight is 477 g/mol. The Bertz CT molecular complexity index is 1210. The zero-order chi connectivity index (χ0) is 22.7. The number of thiazole rings is 1. The van der Waals surface area contributed by atoms with Crippen molar-refractivity contribution in [1.29, 1.82) is 0 Å². The fourth-order valence-electron chi connectivity index (χ4n) is 4.98. The highest BCUT2D eigenvalue weighted by Gasteiger charge is 2.34.